The fraction of sp³-hybridized carbons (Fsp3) is 0.381. The smallest absolute Gasteiger partial charge is 0.255 e. The minimum Gasteiger partial charge on any atom is -0.508 e. The number of aromatic hydroxyl groups is 1. The van der Waals surface area contributed by atoms with Crippen molar-refractivity contribution in [2.24, 2.45) is 0 Å². The number of nitrogens with one attached hydrogen (secondary N) is 1. The summed E-state index contributed by atoms with van der Waals surface area (Å²) in [5.41, 5.74) is 2.65. The van der Waals surface area contributed by atoms with Crippen molar-refractivity contribution in [3.8, 4) is 11.5 Å². The van der Waals surface area contributed by atoms with Gasteiger partial charge in [0.1, 0.15) is 11.5 Å². The predicted molar refractivity (Wildman–Crippen MR) is 100 cm³/mol. The van der Waals surface area contributed by atoms with E-state index in [4.69, 9.17) is 4.74 Å². The van der Waals surface area contributed by atoms with Gasteiger partial charge in [-0.25, -0.2) is 0 Å². The molecule has 0 bridgehead atoms. The van der Waals surface area contributed by atoms with Gasteiger partial charge >= 0.3 is 0 Å². The Balaban J connectivity index is 2.14. The molecule has 2 aromatic carbocycles. The zero-order valence-corrected chi connectivity index (χ0v) is 15.6. The normalized spacial score (nSPS) is 12.5. The summed E-state index contributed by atoms with van der Waals surface area (Å²) in [4.78, 5) is 12.7. The van der Waals surface area contributed by atoms with Gasteiger partial charge in [-0.15, -0.1) is 0 Å². The summed E-state index contributed by atoms with van der Waals surface area (Å²) < 4.78 is 5.36. The van der Waals surface area contributed by atoms with E-state index in [1.54, 1.807) is 19.2 Å². The van der Waals surface area contributed by atoms with Gasteiger partial charge in [0, 0.05) is 6.04 Å². The lowest BCUT2D eigenvalue weighted by atomic mass is 9.86. The molecule has 0 aromatic heterocycles. The Labute approximate surface area is 149 Å². The van der Waals surface area contributed by atoms with E-state index in [1.165, 1.54) is 0 Å². The van der Waals surface area contributed by atoms with Gasteiger partial charge in [-0.1, -0.05) is 39.0 Å². The number of amides is 1. The van der Waals surface area contributed by atoms with Gasteiger partial charge < -0.3 is 15.2 Å². The van der Waals surface area contributed by atoms with E-state index in [2.05, 4.69) is 26.1 Å². The van der Waals surface area contributed by atoms with Gasteiger partial charge in [0.2, 0.25) is 0 Å². The third-order valence-corrected chi connectivity index (χ3v) is 4.17. The van der Waals surface area contributed by atoms with Crippen LogP contribution in [0.5, 0.6) is 11.5 Å². The molecule has 4 heteroatoms. The number of methoxy groups -OCH3 is 1. The van der Waals surface area contributed by atoms with E-state index in [1.807, 2.05) is 37.3 Å². The molecule has 0 aliphatic rings. The maximum Gasteiger partial charge on any atom is 0.255 e. The van der Waals surface area contributed by atoms with E-state index in [-0.39, 0.29) is 23.1 Å². The first-order valence-corrected chi connectivity index (χ1v) is 8.48. The second-order valence-corrected chi connectivity index (χ2v) is 7.41. The van der Waals surface area contributed by atoms with Gasteiger partial charge in [0.15, 0.2) is 0 Å². The molecule has 2 N–H and O–H groups in total. The van der Waals surface area contributed by atoms with Crippen molar-refractivity contribution in [3.05, 3.63) is 59.2 Å². The fourth-order valence-corrected chi connectivity index (χ4v) is 2.69. The van der Waals surface area contributed by atoms with Crippen molar-refractivity contribution in [1.29, 1.82) is 0 Å². The molecule has 4 nitrogen and oxygen atoms in total. The minimum atomic E-state index is -0.144. The quantitative estimate of drug-likeness (QED) is 0.862. The highest BCUT2D eigenvalue weighted by Crippen LogP contribution is 2.28. The van der Waals surface area contributed by atoms with Crippen molar-refractivity contribution >= 4 is 5.91 Å². The number of ether oxygens (including phenoxy) is 1. The maximum absolute atomic E-state index is 12.7. The highest BCUT2D eigenvalue weighted by molar-refractivity contribution is 5.97. The summed E-state index contributed by atoms with van der Waals surface area (Å²) >= 11 is 0. The van der Waals surface area contributed by atoms with Crippen LogP contribution in [-0.4, -0.2) is 24.2 Å². The molecule has 0 fully saturated rings. The van der Waals surface area contributed by atoms with Crippen LogP contribution in [-0.2, 0) is 11.8 Å². The number of hydrogen-bond acceptors (Lipinski definition) is 3. The van der Waals surface area contributed by atoms with Gasteiger partial charge in [0.25, 0.3) is 5.91 Å². The minimum absolute atomic E-state index is 0.0416. The molecule has 0 saturated carbocycles. The Bertz CT molecular complexity index is 730. The summed E-state index contributed by atoms with van der Waals surface area (Å²) in [5, 5.41) is 12.4. The molecule has 25 heavy (non-hydrogen) atoms. The Morgan fingerprint density at radius 2 is 1.80 bits per heavy atom. The van der Waals surface area contributed by atoms with Crippen LogP contribution in [0.1, 0.15) is 49.2 Å². The van der Waals surface area contributed by atoms with Crippen LogP contribution >= 0.6 is 0 Å². The topological polar surface area (TPSA) is 58.6 Å². The van der Waals surface area contributed by atoms with Crippen LogP contribution in [0.4, 0.5) is 0 Å². The monoisotopic (exact) mass is 341 g/mol. The highest BCUT2D eigenvalue weighted by atomic mass is 16.5. The molecule has 0 aliphatic heterocycles. The zero-order valence-electron chi connectivity index (χ0n) is 15.6. The summed E-state index contributed by atoms with van der Waals surface area (Å²) in [6.07, 6.45) is 0.688. The SMILES string of the molecule is COc1ccc(C(C)(C)C)cc1C(=O)NC(C)Cc1ccc(O)cc1. The van der Waals surface area contributed by atoms with Crippen LogP contribution in [0.25, 0.3) is 0 Å². The molecular weight excluding hydrogens is 314 g/mol. The molecule has 0 aliphatic carbocycles. The van der Waals surface area contributed by atoms with Crippen molar-refractivity contribution in [1.82, 2.24) is 5.32 Å². The molecule has 1 unspecified atom stereocenters. The zero-order chi connectivity index (χ0) is 18.6. The number of carbonyl (C=O) groups excluding carboxylic acids is 1. The van der Waals surface area contributed by atoms with Crippen molar-refractivity contribution in [2.45, 2.75) is 45.6 Å². The molecule has 0 radical (unpaired) electrons. The Hall–Kier alpha value is -2.49. The van der Waals surface area contributed by atoms with E-state index < -0.39 is 0 Å². The average molecular weight is 341 g/mol. The molecular formula is C21H27NO3. The lowest BCUT2D eigenvalue weighted by Gasteiger charge is -2.21. The maximum atomic E-state index is 12.7. The molecule has 1 atom stereocenters. The largest absolute Gasteiger partial charge is 0.508 e. The number of phenolic OH excluding ortho intramolecular Hbond substituents is 1. The summed E-state index contributed by atoms with van der Waals surface area (Å²) in [7, 11) is 1.57. The summed E-state index contributed by atoms with van der Waals surface area (Å²) in [6, 6.07) is 12.7. The van der Waals surface area contributed by atoms with Gasteiger partial charge in [-0.2, -0.15) is 0 Å². The second-order valence-electron chi connectivity index (χ2n) is 7.41. The second kappa shape index (κ2) is 7.60. The lowest BCUT2D eigenvalue weighted by molar-refractivity contribution is 0.0937. The van der Waals surface area contributed by atoms with Gasteiger partial charge in [-0.3, -0.25) is 4.79 Å². The van der Waals surface area contributed by atoms with Crippen LogP contribution in [0.2, 0.25) is 0 Å². The first-order valence-electron chi connectivity index (χ1n) is 8.48. The lowest BCUT2D eigenvalue weighted by Crippen LogP contribution is -2.34. The van der Waals surface area contributed by atoms with Gasteiger partial charge in [0.05, 0.1) is 12.7 Å². The predicted octanol–water partition coefficient (Wildman–Crippen LogP) is 4.06. The highest BCUT2D eigenvalue weighted by Gasteiger charge is 2.20. The number of carbonyl (C=O) groups is 1. The third kappa shape index (κ3) is 4.99. The number of hydrogen-bond donors (Lipinski definition) is 2. The van der Waals surface area contributed by atoms with Crippen molar-refractivity contribution in [2.75, 3.05) is 7.11 Å². The van der Waals surface area contributed by atoms with E-state index >= 15 is 0 Å². The Morgan fingerprint density at radius 3 is 2.36 bits per heavy atom. The van der Waals surface area contributed by atoms with E-state index in [9.17, 15) is 9.90 Å². The van der Waals surface area contributed by atoms with Crippen LogP contribution in [0.3, 0.4) is 0 Å². The molecule has 1 amide bonds. The molecule has 0 saturated heterocycles. The standard InChI is InChI=1S/C21H27NO3/c1-14(12-15-6-9-17(23)10-7-15)22-20(24)18-13-16(21(2,3)4)8-11-19(18)25-5/h6-11,13-14,23H,12H2,1-5H3,(H,22,24). The van der Waals surface area contributed by atoms with Crippen molar-refractivity contribution < 1.29 is 14.6 Å². The van der Waals surface area contributed by atoms with Crippen molar-refractivity contribution in [3.63, 3.8) is 0 Å². The molecule has 134 valence electrons. The number of rotatable bonds is 5. The summed E-state index contributed by atoms with van der Waals surface area (Å²) in [5.74, 6) is 0.667. The van der Waals surface area contributed by atoms with Crippen LogP contribution < -0.4 is 10.1 Å². The third-order valence-electron chi connectivity index (χ3n) is 4.17. The van der Waals surface area contributed by atoms with Crippen LogP contribution in [0.15, 0.2) is 42.5 Å². The van der Waals surface area contributed by atoms with E-state index in [0.717, 1.165) is 11.1 Å². The number of phenols is 1. The molecule has 0 heterocycles. The molecule has 0 spiro atoms. The molecule has 2 aromatic rings. The average Bonchev–Trinajstić information content (AvgIpc) is 2.55. The van der Waals surface area contributed by atoms with Gasteiger partial charge in [-0.05, 0) is 54.2 Å². The van der Waals surface area contributed by atoms with E-state index in [0.29, 0.717) is 17.7 Å². The van der Waals surface area contributed by atoms with Crippen LogP contribution in [0, 0.1) is 0 Å². The Kier molecular flexibility index (Phi) is 5.73. The summed E-state index contributed by atoms with van der Waals surface area (Å²) in [6.45, 7) is 8.31. The fourth-order valence-electron chi connectivity index (χ4n) is 2.69. The molecule has 2 rings (SSSR count). The first-order chi connectivity index (χ1) is 11.7. The first kappa shape index (κ1) is 18.8. The number of benzene rings is 2. The Morgan fingerprint density at radius 1 is 1.16 bits per heavy atom.